The van der Waals surface area contributed by atoms with Gasteiger partial charge in [-0.3, -0.25) is 9.55 Å². The van der Waals surface area contributed by atoms with E-state index in [-0.39, 0.29) is 0 Å². The van der Waals surface area contributed by atoms with E-state index in [2.05, 4.69) is 108 Å². The minimum Gasteiger partial charge on any atom is -0.277 e. The number of benzene rings is 6. The Kier molecular flexibility index (Phi) is 4.30. The van der Waals surface area contributed by atoms with Crippen molar-refractivity contribution in [2.75, 3.05) is 0 Å². The molecule has 194 valence electrons. The number of aromatic nitrogens is 4. The summed E-state index contributed by atoms with van der Waals surface area (Å²) >= 11 is 1.85. The highest BCUT2D eigenvalue weighted by atomic mass is 32.1. The summed E-state index contributed by atoms with van der Waals surface area (Å²) in [7, 11) is 0. The topological polar surface area (TPSA) is 43.6 Å². The molecule has 0 saturated heterocycles. The van der Waals surface area contributed by atoms with Crippen LogP contribution in [-0.4, -0.2) is 19.5 Å². The van der Waals surface area contributed by atoms with E-state index in [1.165, 1.54) is 58.0 Å². The smallest absolute Gasteiger partial charge is 0.235 e. The van der Waals surface area contributed by atoms with Crippen molar-refractivity contribution in [3.63, 3.8) is 0 Å². The van der Waals surface area contributed by atoms with E-state index in [4.69, 9.17) is 15.0 Å². The molecule has 0 atom stereocenters. The van der Waals surface area contributed by atoms with E-state index in [0.717, 1.165) is 27.8 Å². The van der Waals surface area contributed by atoms with Gasteiger partial charge in [-0.05, 0) is 57.9 Å². The first-order chi connectivity index (χ1) is 20.8. The number of nitrogens with zero attached hydrogens (tertiary/aromatic N) is 4. The molecule has 0 unspecified atom stereocenters. The Morgan fingerprint density at radius 1 is 0.571 bits per heavy atom. The van der Waals surface area contributed by atoms with Crippen LogP contribution >= 0.6 is 11.3 Å². The third kappa shape index (κ3) is 2.93. The van der Waals surface area contributed by atoms with Gasteiger partial charge in [0.1, 0.15) is 11.2 Å². The number of hydrogen-bond acceptors (Lipinski definition) is 4. The average molecular weight is 553 g/mol. The summed E-state index contributed by atoms with van der Waals surface area (Å²) in [5.41, 5.74) is 5.77. The Balaban J connectivity index is 1.40. The lowest BCUT2D eigenvalue weighted by atomic mass is 10.00. The molecule has 4 aromatic heterocycles. The molecule has 0 aliphatic heterocycles. The summed E-state index contributed by atoms with van der Waals surface area (Å²) in [5.74, 6) is 0.659. The predicted molar refractivity (Wildman–Crippen MR) is 176 cm³/mol. The van der Waals surface area contributed by atoms with Crippen molar-refractivity contribution >= 4 is 85.9 Å². The van der Waals surface area contributed by atoms with Gasteiger partial charge in [0.05, 0.1) is 16.6 Å². The maximum atomic E-state index is 5.34. The Morgan fingerprint density at radius 3 is 2.38 bits per heavy atom. The molecule has 10 rings (SSSR count). The highest BCUT2D eigenvalue weighted by Crippen LogP contribution is 2.46. The van der Waals surface area contributed by atoms with Gasteiger partial charge in [0.15, 0.2) is 0 Å². The van der Waals surface area contributed by atoms with Crippen LogP contribution in [-0.2, 0) is 0 Å². The third-order valence-corrected chi connectivity index (χ3v) is 9.69. The van der Waals surface area contributed by atoms with E-state index >= 15 is 0 Å². The quantitative estimate of drug-likeness (QED) is 0.200. The van der Waals surface area contributed by atoms with Crippen LogP contribution in [0.15, 0.2) is 121 Å². The number of rotatable bonds is 2. The van der Waals surface area contributed by atoms with Gasteiger partial charge in [-0.2, -0.15) is 0 Å². The molecular formula is C37H20N4S. The van der Waals surface area contributed by atoms with E-state index in [0.29, 0.717) is 5.95 Å². The summed E-state index contributed by atoms with van der Waals surface area (Å²) in [6, 6.07) is 41.0. The molecule has 4 heterocycles. The molecule has 0 fully saturated rings. The number of hydrogen-bond donors (Lipinski definition) is 0. The molecule has 0 aliphatic carbocycles. The lowest BCUT2D eigenvalue weighted by molar-refractivity contribution is 1.01. The molecule has 42 heavy (non-hydrogen) atoms. The zero-order chi connectivity index (χ0) is 27.4. The van der Waals surface area contributed by atoms with Gasteiger partial charge in [-0.1, -0.05) is 78.9 Å². The second kappa shape index (κ2) is 8.09. The minimum atomic E-state index is 0.659. The van der Waals surface area contributed by atoms with Crippen molar-refractivity contribution in [2.24, 2.45) is 0 Å². The summed E-state index contributed by atoms with van der Waals surface area (Å²) in [6.45, 7) is 0. The first-order valence-corrected chi connectivity index (χ1v) is 14.9. The molecule has 0 amide bonds. The number of thiophene rings is 1. The van der Waals surface area contributed by atoms with E-state index in [1.807, 2.05) is 29.7 Å². The second-order valence-corrected chi connectivity index (χ2v) is 12.0. The first kappa shape index (κ1) is 22.3. The molecule has 0 radical (unpaired) electrons. The molecule has 5 heteroatoms. The van der Waals surface area contributed by atoms with Crippen molar-refractivity contribution in [3.8, 4) is 17.2 Å². The summed E-state index contributed by atoms with van der Waals surface area (Å²) in [6.07, 6.45) is 1.82. The molecule has 0 spiro atoms. The van der Waals surface area contributed by atoms with Crippen LogP contribution in [0.5, 0.6) is 0 Å². The monoisotopic (exact) mass is 552 g/mol. The SMILES string of the molecule is c1ccc2cc(-c3nc(-n4c5cccc6ccc7cc8sc9ccccc9c8c4c7c65)nc4cccnc34)ccc2c1. The van der Waals surface area contributed by atoms with E-state index < -0.39 is 0 Å². The summed E-state index contributed by atoms with van der Waals surface area (Å²) in [4.78, 5) is 15.3. The van der Waals surface area contributed by atoms with Gasteiger partial charge >= 0.3 is 0 Å². The van der Waals surface area contributed by atoms with Crippen LogP contribution in [0.4, 0.5) is 0 Å². The molecule has 4 nitrogen and oxygen atoms in total. The fourth-order valence-electron chi connectivity index (χ4n) is 6.76. The fraction of sp³-hybridized carbons (Fsp3) is 0. The highest BCUT2D eigenvalue weighted by molar-refractivity contribution is 7.26. The molecule has 0 N–H and O–H groups in total. The van der Waals surface area contributed by atoms with Crippen LogP contribution in [0, 0.1) is 0 Å². The predicted octanol–water partition coefficient (Wildman–Crippen LogP) is 9.90. The Bertz CT molecular complexity index is 2700. The van der Waals surface area contributed by atoms with Crippen molar-refractivity contribution in [1.29, 1.82) is 0 Å². The van der Waals surface area contributed by atoms with Gasteiger partial charge in [-0.15, -0.1) is 11.3 Å². The standard InChI is InChI=1S/C37H20N4S/c1-2-8-23-19-25(17-14-21(23)7-1)34-35-27(11-6-18-38-35)39-37(40-34)41-28-12-5-9-22-15-16-24-20-30-33(36(41)32(24)31(22)28)26-10-3-4-13-29(26)42-30/h1-20H. The van der Waals surface area contributed by atoms with Crippen molar-refractivity contribution in [3.05, 3.63) is 121 Å². The van der Waals surface area contributed by atoms with Gasteiger partial charge in [-0.25, -0.2) is 9.97 Å². The minimum absolute atomic E-state index is 0.659. The molecule has 0 saturated carbocycles. The zero-order valence-corrected chi connectivity index (χ0v) is 23.1. The van der Waals surface area contributed by atoms with E-state index in [9.17, 15) is 0 Å². The number of pyridine rings is 1. The van der Waals surface area contributed by atoms with Crippen LogP contribution in [0.2, 0.25) is 0 Å². The molecule has 0 aliphatic rings. The summed E-state index contributed by atoms with van der Waals surface area (Å²) < 4.78 is 4.85. The molecule has 0 bridgehead atoms. The van der Waals surface area contributed by atoms with Gasteiger partial charge in [0.2, 0.25) is 5.95 Å². The lowest BCUT2D eigenvalue weighted by Gasteiger charge is -2.12. The first-order valence-electron chi connectivity index (χ1n) is 14.0. The molecular weight excluding hydrogens is 533 g/mol. The maximum absolute atomic E-state index is 5.34. The average Bonchev–Trinajstić information content (AvgIpc) is 3.59. The lowest BCUT2D eigenvalue weighted by Crippen LogP contribution is -2.04. The van der Waals surface area contributed by atoms with Crippen molar-refractivity contribution in [1.82, 2.24) is 19.5 Å². The van der Waals surface area contributed by atoms with Crippen LogP contribution in [0.3, 0.4) is 0 Å². The third-order valence-electron chi connectivity index (χ3n) is 8.57. The van der Waals surface area contributed by atoms with E-state index in [1.54, 1.807) is 0 Å². The van der Waals surface area contributed by atoms with Gasteiger partial charge < -0.3 is 0 Å². The molecule has 10 aromatic rings. The van der Waals surface area contributed by atoms with Crippen molar-refractivity contribution < 1.29 is 0 Å². The van der Waals surface area contributed by atoms with Gasteiger partial charge in [0, 0.05) is 42.7 Å². The van der Waals surface area contributed by atoms with Crippen LogP contribution < -0.4 is 0 Å². The Labute approximate surface area is 243 Å². The van der Waals surface area contributed by atoms with Gasteiger partial charge in [0.25, 0.3) is 0 Å². The Morgan fingerprint density at radius 2 is 1.40 bits per heavy atom. The largest absolute Gasteiger partial charge is 0.277 e. The zero-order valence-electron chi connectivity index (χ0n) is 22.2. The number of fused-ring (bicyclic) bond motifs is 6. The molecule has 6 aromatic carbocycles. The Hall–Kier alpha value is -5.39. The van der Waals surface area contributed by atoms with Crippen LogP contribution in [0.1, 0.15) is 0 Å². The van der Waals surface area contributed by atoms with Crippen LogP contribution in [0.25, 0.3) is 91.8 Å². The summed E-state index contributed by atoms with van der Waals surface area (Å²) in [5, 5.41) is 9.88. The fourth-order valence-corrected chi connectivity index (χ4v) is 7.92. The maximum Gasteiger partial charge on any atom is 0.235 e. The highest BCUT2D eigenvalue weighted by Gasteiger charge is 2.23. The van der Waals surface area contributed by atoms with Crippen molar-refractivity contribution in [2.45, 2.75) is 0 Å². The second-order valence-electron chi connectivity index (χ2n) is 10.9. The normalized spacial score (nSPS) is 12.3.